The molecular formula is C14H19N3O3. The molecular weight excluding hydrogens is 258 g/mol. The summed E-state index contributed by atoms with van der Waals surface area (Å²) in [5, 5.41) is 0. The number of hydrogen-bond acceptors (Lipinski definition) is 5. The zero-order chi connectivity index (χ0) is 13.6. The summed E-state index contributed by atoms with van der Waals surface area (Å²) in [5.74, 6) is 0.0182. The van der Waals surface area contributed by atoms with Crippen LogP contribution in [-0.4, -0.2) is 41.6 Å². The number of rotatable bonds is 2. The molecule has 0 aromatic carbocycles. The molecule has 0 amide bonds. The zero-order valence-corrected chi connectivity index (χ0v) is 11.5. The van der Waals surface area contributed by atoms with Crippen LogP contribution in [0.2, 0.25) is 0 Å². The lowest BCUT2D eigenvalue weighted by Crippen LogP contribution is -2.51. The molecule has 2 aliphatic heterocycles. The van der Waals surface area contributed by atoms with Crippen LogP contribution >= 0.6 is 0 Å². The third kappa shape index (κ3) is 2.03. The number of anilines is 1. The van der Waals surface area contributed by atoms with Crippen molar-refractivity contribution in [2.75, 3.05) is 31.2 Å². The minimum absolute atomic E-state index is 0.0186. The molecule has 0 N–H and O–H groups in total. The van der Waals surface area contributed by atoms with Crippen molar-refractivity contribution in [3.8, 4) is 0 Å². The largest absolute Gasteiger partial charge is 0.347 e. The van der Waals surface area contributed by atoms with E-state index in [-0.39, 0.29) is 5.56 Å². The van der Waals surface area contributed by atoms with Crippen LogP contribution in [0, 0.1) is 0 Å². The van der Waals surface area contributed by atoms with Crippen molar-refractivity contribution in [3.63, 3.8) is 0 Å². The molecule has 1 aromatic heterocycles. The van der Waals surface area contributed by atoms with Gasteiger partial charge in [-0.15, -0.1) is 0 Å². The van der Waals surface area contributed by atoms with Crippen LogP contribution in [0.4, 0.5) is 5.82 Å². The fraction of sp³-hybridized carbons (Fsp3) is 0.714. The minimum atomic E-state index is -0.521. The summed E-state index contributed by atoms with van der Waals surface area (Å²) in [7, 11) is 0. The Bertz CT molecular complexity index is 561. The lowest BCUT2D eigenvalue weighted by molar-refractivity contribution is -0.161. The van der Waals surface area contributed by atoms with Crippen LogP contribution in [0.3, 0.4) is 0 Å². The fourth-order valence-corrected chi connectivity index (χ4v) is 3.17. The molecule has 0 radical (unpaired) electrons. The molecule has 3 fully saturated rings. The van der Waals surface area contributed by atoms with Gasteiger partial charge >= 0.3 is 0 Å². The molecule has 2 saturated heterocycles. The first-order chi connectivity index (χ1) is 9.77. The van der Waals surface area contributed by atoms with Gasteiger partial charge in [-0.1, -0.05) is 0 Å². The van der Waals surface area contributed by atoms with Crippen molar-refractivity contribution in [2.45, 2.75) is 37.5 Å². The van der Waals surface area contributed by atoms with Crippen molar-refractivity contribution < 1.29 is 9.47 Å². The van der Waals surface area contributed by atoms with Crippen LogP contribution in [0.1, 0.15) is 31.7 Å². The van der Waals surface area contributed by atoms with Gasteiger partial charge in [-0.05, 0) is 19.3 Å². The zero-order valence-electron chi connectivity index (χ0n) is 11.5. The summed E-state index contributed by atoms with van der Waals surface area (Å²) < 4.78 is 13.3. The Labute approximate surface area is 117 Å². The van der Waals surface area contributed by atoms with Crippen LogP contribution in [0.5, 0.6) is 0 Å². The summed E-state index contributed by atoms with van der Waals surface area (Å²) in [5.41, 5.74) is 0.0186. The molecule has 4 rings (SSSR count). The molecule has 6 heteroatoms. The summed E-state index contributed by atoms with van der Waals surface area (Å²) in [6, 6.07) is 0.377. The Balaban J connectivity index is 1.63. The Morgan fingerprint density at radius 1 is 1.30 bits per heavy atom. The normalized spacial score (nSPS) is 25.3. The van der Waals surface area contributed by atoms with Gasteiger partial charge in [0.15, 0.2) is 11.6 Å². The molecule has 20 heavy (non-hydrogen) atoms. The van der Waals surface area contributed by atoms with Gasteiger partial charge in [-0.25, -0.2) is 4.98 Å². The van der Waals surface area contributed by atoms with Crippen molar-refractivity contribution in [1.82, 2.24) is 9.55 Å². The number of piperidine rings is 1. The Morgan fingerprint density at radius 3 is 2.85 bits per heavy atom. The highest BCUT2D eigenvalue weighted by Gasteiger charge is 2.41. The molecule has 3 heterocycles. The van der Waals surface area contributed by atoms with Crippen LogP contribution in [0.15, 0.2) is 17.2 Å². The maximum Gasteiger partial charge on any atom is 0.293 e. The van der Waals surface area contributed by atoms with E-state index in [2.05, 4.69) is 4.98 Å². The lowest BCUT2D eigenvalue weighted by Gasteiger charge is -2.38. The molecule has 0 unspecified atom stereocenters. The quantitative estimate of drug-likeness (QED) is 0.804. The molecule has 1 aliphatic carbocycles. The molecule has 0 atom stereocenters. The highest BCUT2D eigenvalue weighted by Crippen LogP contribution is 2.34. The average Bonchev–Trinajstić information content (AvgIpc) is 3.21. The highest BCUT2D eigenvalue weighted by atomic mass is 16.7. The van der Waals surface area contributed by atoms with E-state index in [0.717, 1.165) is 32.2 Å². The average molecular weight is 277 g/mol. The van der Waals surface area contributed by atoms with E-state index in [9.17, 15) is 4.79 Å². The van der Waals surface area contributed by atoms with E-state index >= 15 is 0 Å². The molecule has 0 bridgehead atoms. The summed E-state index contributed by atoms with van der Waals surface area (Å²) in [6.45, 7) is 2.72. The van der Waals surface area contributed by atoms with Gasteiger partial charge in [0.2, 0.25) is 0 Å². The van der Waals surface area contributed by atoms with Crippen molar-refractivity contribution >= 4 is 5.82 Å². The monoisotopic (exact) mass is 277 g/mol. The first-order valence-corrected chi connectivity index (χ1v) is 7.37. The van der Waals surface area contributed by atoms with E-state index < -0.39 is 5.79 Å². The number of hydrogen-bond donors (Lipinski definition) is 0. The predicted molar refractivity (Wildman–Crippen MR) is 72.9 cm³/mol. The SMILES string of the molecule is O=c1c(N2CCCC3(C2)OCCO3)nccn1C1CC1. The van der Waals surface area contributed by atoms with E-state index in [0.29, 0.717) is 31.6 Å². The van der Waals surface area contributed by atoms with E-state index in [1.54, 1.807) is 12.4 Å². The number of nitrogens with zero attached hydrogens (tertiary/aromatic N) is 3. The third-order valence-electron chi connectivity index (χ3n) is 4.32. The van der Waals surface area contributed by atoms with Gasteiger partial charge < -0.3 is 18.9 Å². The topological polar surface area (TPSA) is 56.6 Å². The van der Waals surface area contributed by atoms with Crippen LogP contribution < -0.4 is 10.5 Å². The molecule has 6 nitrogen and oxygen atoms in total. The van der Waals surface area contributed by atoms with Crippen molar-refractivity contribution in [3.05, 3.63) is 22.7 Å². The van der Waals surface area contributed by atoms with Gasteiger partial charge in [0.25, 0.3) is 5.56 Å². The number of aromatic nitrogens is 2. The van der Waals surface area contributed by atoms with E-state index in [1.807, 2.05) is 9.47 Å². The van der Waals surface area contributed by atoms with Gasteiger partial charge in [0.1, 0.15) is 0 Å². The smallest absolute Gasteiger partial charge is 0.293 e. The fourth-order valence-electron chi connectivity index (χ4n) is 3.17. The maximum atomic E-state index is 12.5. The highest BCUT2D eigenvalue weighted by molar-refractivity contribution is 5.37. The minimum Gasteiger partial charge on any atom is -0.347 e. The second-order valence-corrected chi connectivity index (χ2v) is 5.83. The molecule has 1 aromatic rings. The predicted octanol–water partition coefficient (Wildman–Crippen LogP) is 0.921. The van der Waals surface area contributed by atoms with E-state index in [4.69, 9.17) is 9.47 Å². The molecule has 3 aliphatic rings. The summed E-state index contributed by atoms with van der Waals surface area (Å²) in [4.78, 5) is 18.9. The van der Waals surface area contributed by atoms with E-state index in [1.165, 1.54) is 0 Å². The van der Waals surface area contributed by atoms with Gasteiger partial charge in [0, 0.05) is 31.4 Å². The Kier molecular flexibility index (Phi) is 2.82. The molecule has 108 valence electrons. The van der Waals surface area contributed by atoms with Crippen LogP contribution in [0.25, 0.3) is 0 Å². The lowest BCUT2D eigenvalue weighted by atomic mass is 10.0. The molecule has 1 spiro atoms. The number of ether oxygens (including phenoxy) is 2. The second-order valence-electron chi connectivity index (χ2n) is 5.83. The third-order valence-corrected chi connectivity index (χ3v) is 4.32. The first kappa shape index (κ1) is 12.3. The standard InChI is InChI=1S/C14H19N3O3/c18-13-12(15-5-7-17(13)11-2-3-11)16-6-1-4-14(10-16)19-8-9-20-14/h5,7,11H,1-4,6,8-10H2. The Morgan fingerprint density at radius 2 is 2.10 bits per heavy atom. The summed E-state index contributed by atoms with van der Waals surface area (Å²) in [6.07, 6.45) is 7.57. The van der Waals surface area contributed by atoms with Gasteiger partial charge in [0.05, 0.1) is 19.8 Å². The Hall–Kier alpha value is -1.40. The first-order valence-electron chi connectivity index (χ1n) is 7.37. The second kappa shape index (κ2) is 4.56. The summed E-state index contributed by atoms with van der Waals surface area (Å²) >= 11 is 0. The van der Waals surface area contributed by atoms with Crippen molar-refractivity contribution in [1.29, 1.82) is 0 Å². The molecule has 1 saturated carbocycles. The van der Waals surface area contributed by atoms with Crippen LogP contribution in [-0.2, 0) is 9.47 Å². The van der Waals surface area contributed by atoms with Gasteiger partial charge in [-0.3, -0.25) is 4.79 Å². The van der Waals surface area contributed by atoms with Gasteiger partial charge in [-0.2, -0.15) is 0 Å². The van der Waals surface area contributed by atoms with Crippen molar-refractivity contribution in [2.24, 2.45) is 0 Å². The maximum absolute atomic E-state index is 12.5.